The fourth-order valence-electron chi connectivity index (χ4n) is 3.14. The van der Waals surface area contributed by atoms with E-state index in [4.69, 9.17) is 4.74 Å². The van der Waals surface area contributed by atoms with Crippen molar-refractivity contribution in [2.75, 3.05) is 7.11 Å². The van der Waals surface area contributed by atoms with E-state index in [1.165, 1.54) is 11.1 Å². The van der Waals surface area contributed by atoms with Gasteiger partial charge in [0.05, 0.1) is 7.11 Å². The standard InChI is InChI=1S/C16H25NOSi.2ClH.Hf/c1-16(2,3)17-19(5,6)15-11-14(18-4)12-9-7-8-10-13(12)15;;;/h7-11,15,17H,1-6H3;2*1H;. The summed E-state index contributed by atoms with van der Waals surface area (Å²) in [5.74, 6) is 1.02. The summed E-state index contributed by atoms with van der Waals surface area (Å²) in [6, 6.07) is 8.60. The van der Waals surface area contributed by atoms with Gasteiger partial charge in [0, 0.05) is 42.5 Å². The maximum absolute atomic E-state index is 5.55. The number of methoxy groups -OCH3 is 1. The Bertz CT molecular complexity index is 515. The van der Waals surface area contributed by atoms with Gasteiger partial charge in [-0.25, -0.2) is 0 Å². The molecule has 0 saturated carbocycles. The van der Waals surface area contributed by atoms with Gasteiger partial charge in [-0.15, -0.1) is 24.8 Å². The molecule has 6 heteroatoms. The fourth-order valence-corrected chi connectivity index (χ4v) is 6.83. The molecule has 1 N–H and O–H groups in total. The Morgan fingerprint density at radius 3 is 2.14 bits per heavy atom. The normalized spacial score (nSPS) is 16.5. The molecule has 22 heavy (non-hydrogen) atoms. The number of ether oxygens (including phenoxy) is 1. The first-order valence-electron chi connectivity index (χ1n) is 6.89. The van der Waals surface area contributed by atoms with E-state index in [0.29, 0.717) is 5.54 Å². The van der Waals surface area contributed by atoms with Crippen LogP contribution in [0, 0.1) is 0 Å². The van der Waals surface area contributed by atoms with E-state index in [9.17, 15) is 0 Å². The van der Waals surface area contributed by atoms with E-state index in [1.54, 1.807) is 7.11 Å². The van der Waals surface area contributed by atoms with Gasteiger partial charge in [-0.1, -0.05) is 37.4 Å². The second kappa shape index (κ2) is 9.02. The number of allylic oxidation sites excluding steroid dienone is 1. The molecule has 0 radical (unpaired) electrons. The smallest absolute Gasteiger partial charge is 0.131 e. The minimum Gasteiger partial charge on any atom is -0.496 e. The van der Waals surface area contributed by atoms with Crippen molar-refractivity contribution in [2.45, 2.75) is 44.9 Å². The molecule has 0 aliphatic heterocycles. The van der Waals surface area contributed by atoms with Crippen molar-refractivity contribution in [1.82, 2.24) is 4.98 Å². The molecule has 0 heterocycles. The van der Waals surface area contributed by atoms with Crippen LogP contribution in [0.15, 0.2) is 30.3 Å². The minimum atomic E-state index is -1.62. The van der Waals surface area contributed by atoms with Crippen LogP contribution in [0.3, 0.4) is 0 Å². The van der Waals surface area contributed by atoms with Crippen LogP contribution in [0.25, 0.3) is 5.76 Å². The summed E-state index contributed by atoms with van der Waals surface area (Å²) < 4.78 is 5.55. The number of rotatable bonds is 3. The topological polar surface area (TPSA) is 21.3 Å². The molecule has 2 nitrogen and oxygen atoms in total. The summed E-state index contributed by atoms with van der Waals surface area (Å²) in [5, 5.41) is 0. The van der Waals surface area contributed by atoms with Crippen LogP contribution in [0.2, 0.25) is 13.1 Å². The molecule has 124 valence electrons. The van der Waals surface area contributed by atoms with E-state index >= 15 is 0 Å². The molecule has 0 spiro atoms. The Balaban J connectivity index is 0. The van der Waals surface area contributed by atoms with Gasteiger partial charge in [-0.3, -0.25) is 0 Å². The third-order valence-electron chi connectivity index (χ3n) is 3.57. The van der Waals surface area contributed by atoms with E-state index < -0.39 is 8.24 Å². The molecule has 0 aromatic heterocycles. The molecule has 1 aliphatic carbocycles. The molecular formula is C16H27Cl2HfNOSi. The Hall–Kier alpha value is 0.387. The summed E-state index contributed by atoms with van der Waals surface area (Å²) in [6.45, 7) is 11.5. The van der Waals surface area contributed by atoms with E-state index in [-0.39, 0.29) is 56.2 Å². The Labute approximate surface area is 167 Å². The van der Waals surface area contributed by atoms with Gasteiger partial charge in [0.1, 0.15) is 14.0 Å². The molecule has 0 amide bonds. The van der Waals surface area contributed by atoms with Gasteiger partial charge in [0.25, 0.3) is 0 Å². The summed E-state index contributed by atoms with van der Waals surface area (Å²) in [5.41, 5.74) is 3.28. The summed E-state index contributed by atoms with van der Waals surface area (Å²) in [7, 11) is 0.139. The first-order chi connectivity index (χ1) is 8.74. The zero-order valence-corrected chi connectivity index (χ0v) is 20.4. The quantitative estimate of drug-likeness (QED) is 0.574. The van der Waals surface area contributed by atoms with Crippen LogP contribution in [-0.2, 0) is 30.6 Å². The van der Waals surface area contributed by atoms with Crippen LogP contribution in [-0.4, -0.2) is 20.9 Å². The number of hydrogen-bond donors (Lipinski definition) is 1. The van der Waals surface area contributed by atoms with Gasteiger partial charge < -0.3 is 9.72 Å². The fraction of sp³-hybridized carbons (Fsp3) is 0.500. The number of nitrogens with one attached hydrogen (secondary N) is 1. The van der Waals surface area contributed by atoms with Crippen LogP contribution >= 0.6 is 24.8 Å². The molecule has 0 fully saturated rings. The Kier molecular flexibility index (Phi) is 10.1. The first kappa shape index (κ1) is 24.6. The molecule has 1 aliphatic rings. The zero-order chi connectivity index (χ0) is 14.3. The first-order valence-corrected chi connectivity index (χ1v) is 9.97. The molecule has 1 aromatic carbocycles. The van der Waals surface area contributed by atoms with Crippen LogP contribution in [0.4, 0.5) is 0 Å². The van der Waals surface area contributed by atoms with Crippen molar-refractivity contribution in [3.8, 4) is 0 Å². The summed E-state index contributed by atoms with van der Waals surface area (Å²) in [6.07, 6.45) is 2.30. The average molecular weight is 527 g/mol. The summed E-state index contributed by atoms with van der Waals surface area (Å²) in [4.78, 5) is 3.86. The van der Waals surface area contributed by atoms with Crippen LogP contribution < -0.4 is 4.98 Å². The van der Waals surface area contributed by atoms with Gasteiger partial charge in [-0.2, -0.15) is 0 Å². The number of halogens is 2. The van der Waals surface area contributed by atoms with Gasteiger partial charge in [-0.05, 0) is 32.4 Å². The van der Waals surface area contributed by atoms with Crippen LogP contribution in [0.5, 0.6) is 0 Å². The predicted octanol–water partition coefficient (Wildman–Crippen LogP) is 4.74. The van der Waals surface area contributed by atoms with Crippen molar-refractivity contribution < 1.29 is 30.6 Å². The Morgan fingerprint density at radius 2 is 1.64 bits per heavy atom. The second-order valence-corrected chi connectivity index (χ2v) is 11.2. The van der Waals surface area contributed by atoms with E-state index in [2.05, 4.69) is 69.2 Å². The molecule has 2 rings (SSSR count). The van der Waals surface area contributed by atoms with Gasteiger partial charge in [0.15, 0.2) is 0 Å². The maximum Gasteiger partial charge on any atom is 0.131 e. The van der Waals surface area contributed by atoms with Crippen molar-refractivity contribution in [3.63, 3.8) is 0 Å². The van der Waals surface area contributed by atoms with E-state index in [0.717, 1.165) is 5.76 Å². The molecule has 1 atom stereocenters. The predicted molar refractivity (Wildman–Crippen MR) is 99.0 cm³/mol. The molecule has 1 aromatic rings. The molecule has 1 unspecified atom stereocenters. The van der Waals surface area contributed by atoms with Gasteiger partial charge >= 0.3 is 0 Å². The average Bonchev–Trinajstić information content (AvgIpc) is 2.65. The number of fused-ring (bicyclic) bond motifs is 1. The van der Waals surface area contributed by atoms with Crippen molar-refractivity contribution >= 4 is 38.8 Å². The summed E-state index contributed by atoms with van der Waals surface area (Å²) >= 11 is 0. The van der Waals surface area contributed by atoms with Gasteiger partial charge in [0.2, 0.25) is 0 Å². The van der Waals surface area contributed by atoms with Crippen molar-refractivity contribution in [2.24, 2.45) is 0 Å². The number of benzene rings is 1. The number of hydrogen-bond acceptors (Lipinski definition) is 2. The maximum atomic E-state index is 5.55. The minimum absolute atomic E-state index is 0. The molecule has 0 bridgehead atoms. The largest absolute Gasteiger partial charge is 0.496 e. The Morgan fingerprint density at radius 1 is 1.09 bits per heavy atom. The van der Waals surface area contributed by atoms with Crippen LogP contribution in [0.1, 0.15) is 37.4 Å². The molecule has 0 saturated heterocycles. The SMILES string of the molecule is COC1=CC([Si](C)(C)NC(C)(C)C)c2ccccc21.Cl.Cl.[Hf]. The van der Waals surface area contributed by atoms with E-state index in [1.807, 2.05) is 0 Å². The third kappa shape index (κ3) is 5.48. The second-order valence-electron chi connectivity index (χ2n) is 6.90. The van der Waals surface area contributed by atoms with Crippen molar-refractivity contribution in [3.05, 3.63) is 41.5 Å². The molecular weight excluding hydrogens is 500 g/mol. The zero-order valence-electron chi connectivity index (χ0n) is 14.2. The monoisotopic (exact) mass is 527 g/mol. The third-order valence-corrected chi connectivity index (χ3v) is 7.00. The van der Waals surface area contributed by atoms with Crippen molar-refractivity contribution in [1.29, 1.82) is 0 Å².